The highest BCUT2D eigenvalue weighted by Crippen LogP contribution is 2.41. The Hall–Kier alpha value is -2.83. The molecular formula is C21H25N5O2. The third kappa shape index (κ3) is 2.95. The molecule has 1 saturated carbocycles. The summed E-state index contributed by atoms with van der Waals surface area (Å²) in [5.41, 5.74) is 4.99. The van der Waals surface area contributed by atoms with Gasteiger partial charge in [-0.25, -0.2) is 4.98 Å². The fraction of sp³-hybridized carbons (Fsp3) is 0.476. The van der Waals surface area contributed by atoms with Crippen molar-refractivity contribution in [1.82, 2.24) is 24.6 Å². The van der Waals surface area contributed by atoms with Crippen molar-refractivity contribution in [3.05, 3.63) is 30.2 Å². The van der Waals surface area contributed by atoms with Gasteiger partial charge >= 0.3 is 0 Å². The molecule has 1 saturated heterocycles. The molecule has 3 aromatic rings. The van der Waals surface area contributed by atoms with Gasteiger partial charge in [-0.3, -0.25) is 9.48 Å². The monoisotopic (exact) mass is 379 g/mol. The highest BCUT2D eigenvalue weighted by Gasteiger charge is 2.30. The molecule has 0 radical (unpaired) electrons. The molecule has 1 aromatic carbocycles. The third-order valence-corrected chi connectivity index (χ3v) is 5.97. The molecule has 7 nitrogen and oxygen atoms in total. The maximum Gasteiger partial charge on any atom is 0.220 e. The predicted molar refractivity (Wildman–Crippen MR) is 106 cm³/mol. The van der Waals surface area contributed by atoms with Gasteiger partial charge in [-0.15, -0.1) is 0 Å². The Labute approximate surface area is 163 Å². The second kappa shape index (κ2) is 6.36. The maximum atomic E-state index is 11.6. The molecule has 0 unspecified atom stereocenters. The molecule has 2 fully saturated rings. The van der Waals surface area contributed by atoms with Crippen LogP contribution in [0.5, 0.6) is 5.75 Å². The van der Waals surface area contributed by atoms with Gasteiger partial charge in [-0.05, 0) is 44.9 Å². The van der Waals surface area contributed by atoms with Crippen molar-refractivity contribution in [2.45, 2.75) is 45.3 Å². The highest BCUT2D eigenvalue weighted by atomic mass is 16.5. The Morgan fingerprint density at radius 1 is 1.29 bits per heavy atom. The van der Waals surface area contributed by atoms with Crippen LogP contribution in [0.1, 0.15) is 37.9 Å². The van der Waals surface area contributed by atoms with Crippen molar-refractivity contribution in [3.63, 3.8) is 0 Å². The number of nitrogens with one attached hydrogen (secondary N) is 1. The summed E-state index contributed by atoms with van der Waals surface area (Å²) in [5.74, 6) is 1.11. The van der Waals surface area contributed by atoms with Crippen molar-refractivity contribution in [2.75, 3.05) is 6.54 Å². The predicted octanol–water partition coefficient (Wildman–Crippen LogP) is 2.98. The van der Waals surface area contributed by atoms with Gasteiger partial charge in [0.05, 0.1) is 17.5 Å². The van der Waals surface area contributed by atoms with E-state index >= 15 is 0 Å². The van der Waals surface area contributed by atoms with Crippen molar-refractivity contribution < 1.29 is 9.53 Å². The first-order chi connectivity index (χ1) is 13.5. The number of amides is 1. The maximum absolute atomic E-state index is 11.6. The molecule has 5 rings (SSSR count). The number of imidazole rings is 1. The first kappa shape index (κ1) is 17.3. The van der Waals surface area contributed by atoms with E-state index < -0.39 is 0 Å². The van der Waals surface area contributed by atoms with Crippen LogP contribution in [0.2, 0.25) is 0 Å². The van der Waals surface area contributed by atoms with Crippen LogP contribution in [0, 0.1) is 12.8 Å². The first-order valence-corrected chi connectivity index (χ1v) is 9.94. The molecule has 1 aliphatic carbocycles. The molecule has 7 heteroatoms. The fourth-order valence-corrected chi connectivity index (χ4v) is 3.96. The van der Waals surface area contributed by atoms with Gasteiger partial charge in [0.2, 0.25) is 5.91 Å². The second-order valence-corrected chi connectivity index (χ2v) is 8.11. The lowest BCUT2D eigenvalue weighted by molar-refractivity contribution is -0.119. The molecule has 2 aromatic heterocycles. The van der Waals surface area contributed by atoms with Crippen LogP contribution in [0.4, 0.5) is 0 Å². The van der Waals surface area contributed by atoms with Crippen LogP contribution in [0.3, 0.4) is 0 Å². The van der Waals surface area contributed by atoms with E-state index in [1.165, 1.54) is 12.8 Å². The number of hydrogen-bond donors (Lipinski definition) is 1. The zero-order valence-corrected chi connectivity index (χ0v) is 16.5. The van der Waals surface area contributed by atoms with Crippen molar-refractivity contribution in [1.29, 1.82) is 0 Å². The summed E-state index contributed by atoms with van der Waals surface area (Å²) in [6, 6.07) is 6.76. The standard InChI is InChI=1S/C21H25N5O2/c1-12-6-17(24-25(12)3)14-7-18-21(26(11-23-18)16-4-5-16)19(8-14)28-13(2)15-9-20(27)22-10-15/h6-8,11,13,15-16H,4-5,9-10H2,1-3H3,(H,22,27)/t13-,15-/m1/s1. The molecule has 1 aliphatic heterocycles. The average molecular weight is 379 g/mol. The largest absolute Gasteiger partial charge is 0.488 e. The van der Waals surface area contributed by atoms with E-state index in [1.54, 1.807) is 0 Å². The Morgan fingerprint density at radius 3 is 2.75 bits per heavy atom. The normalized spacial score (nSPS) is 20.5. The highest BCUT2D eigenvalue weighted by molar-refractivity contribution is 5.87. The quantitative estimate of drug-likeness (QED) is 0.740. The fourth-order valence-electron chi connectivity index (χ4n) is 3.96. The van der Waals surface area contributed by atoms with Gasteiger partial charge in [-0.1, -0.05) is 0 Å². The number of aryl methyl sites for hydroxylation is 2. The Morgan fingerprint density at radius 2 is 2.11 bits per heavy atom. The van der Waals surface area contributed by atoms with Gasteiger partial charge in [0.15, 0.2) is 0 Å². The topological polar surface area (TPSA) is 74.0 Å². The van der Waals surface area contributed by atoms with Crippen molar-refractivity contribution >= 4 is 16.9 Å². The number of hydrogen-bond acceptors (Lipinski definition) is 4. The van der Waals surface area contributed by atoms with E-state index in [1.807, 2.05) is 31.9 Å². The number of fused-ring (bicyclic) bond motifs is 1. The lowest BCUT2D eigenvalue weighted by Crippen LogP contribution is -2.25. The molecule has 1 amide bonds. The molecule has 0 spiro atoms. The molecule has 1 N–H and O–H groups in total. The van der Waals surface area contributed by atoms with Crippen LogP contribution >= 0.6 is 0 Å². The van der Waals surface area contributed by atoms with Gasteiger partial charge in [-0.2, -0.15) is 5.10 Å². The minimum Gasteiger partial charge on any atom is -0.488 e. The van der Waals surface area contributed by atoms with Gasteiger partial charge in [0.25, 0.3) is 0 Å². The number of aromatic nitrogens is 4. The van der Waals surface area contributed by atoms with Crippen molar-refractivity contribution in [3.8, 4) is 17.0 Å². The Balaban J connectivity index is 1.57. The zero-order chi connectivity index (χ0) is 19.4. The minimum atomic E-state index is -0.0644. The molecule has 2 atom stereocenters. The second-order valence-electron chi connectivity index (χ2n) is 8.11. The Bertz CT molecular complexity index is 1040. The van der Waals surface area contributed by atoms with Gasteiger partial charge < -0.3 is 14.6 Å². The summed E-state index contributed by atoms with van der Waals surface area (Å²) >= 11 is 0. The lowest BCUT2D eigenvalue weighted by Gasteiger charge is -2.21. The SMILES string of the molecule is Cc1cc(-c2cc(O[C@H](C)[C@H]3CNC(=O)C3)c3c(c2)ncn3C2CC2)nn1C. The molecular weight excluding hydrogens is 354 g/mol. The van der Waals surface area contributed by atoms with E-state index in [9.17, 15) is 4.79 Å². The summed E-state index contributed by atoms with van der Waals surface area (Å²) < 4.78 is 10.6. The van der Waals surface area contributed by atoms with Crippen LogP contribution in [-0.4, -0.2) is 37.9 Å². The number of nitrogens with zero attached hydrogens (tertiary/aromatic N) is 4. The number of rotatable bonds is 5. The Kier molecular flexibility index (Phi) is 3.92. The smallest absolute Gasteiger partial charge is 0.220 e. The van der Waals surface area contributed by atoms with Gasteiger partial charge in [0, 0.05) is 43.2 Å². The summed E-state index contributed by atoms with van der Waals surface area (Å²) in [4.78, 5) is 16.3. The minimum absolute atomic E-state index is 0.0644. The van der Waals surface area contributed by atoms with Crippen LogP contribution < -0.4 is 10.1 Å². The molecule has 0 bridgehead atoms. The average Bonchev–Trinajstić information content (AvgIpc) is 3.10. The molecule has 28 heavy (non-hydrogen) atoms. The van der Waals surface area contributed by atoms with Crippen LogP contribution in [0.25, 0.3) is 22.3 Å². The molecule has 146 valence electrons. The zero-order valence-electron chi connectivity index (χ0n) is 16.5. The number of ether oxygens (including phenoxy) is 1. The summed E-state index contributed by atoms with van der Waals surface area (Å²) in [6.45, 7) is 4.76. The molecule has 3 heterocycles. The summed E-state index contributed by atoms with van der Waals surface area (Å²) in [7, 11) is 1.95. The van der Waals surface area contributed by atoms with E-state index in [2.05, 4.69) is 38.2 Å². The molecule has 2 aliphatic rings. The number of carbonyl (C=O) groups excluding carboxylic acids is 1. The third-order valence-electron chi connectivity index (χ3n) is 5.97. The summed E-state index contributed by atoms with van der Waals surface area (Å²) in [6.07, 6.45) is 4.75. The first-order valence-electron chi connectivity index (χ1n) is 9.94. The van der Waals surface area contributed by atoms with Crippen LogP contribution in [-0.2, 0) is 11.8 Å². The number of carbonyl (C=O) groups is 1. The van der Waals surface area contributed by atoms with Gasteiger partial charge in [0.1, 0.15) is 17.4 Å². The van der Waals surface area contributed by atoms with E-state index in [0.29, 0.717) is 19.0 Å². The lowest BCUT2D eigenvalue weighted by atomic mass is 10.0. The van der Waals surface area contributed by atoms with E-state index in [-0.39, 0.29) is 17.9 Å². The number of benzene rings is 1. The van der Waals surface area contributed by atoms with Crippen molar-refractivity contribution in [2.24, 2.45) is 13.0 Å². The van der Waals surface area contributed by atoms with Crippen LogP contribution in [0.15, 0.2) is 24.5 Å². The summed E-state index contributed by atoms with van der Waals surface area (Å²) in [5, 5.41) is 7.53. The van der Waals surface area contributed by atoms with E-state index in [0.717, 1.165) is 33.7 Å². The van der Waals surface area contributed by atoms with E-state index in [4.69, 9.17) is 4.74 Å².